The molecule has 2 aromatic heterocycles. The molecule has 8 rings (SSSR count). The molecule has 0 atom stereocenters. The molecule has 0 saturated heterocycles. The predicted molar refractivity (Wildman–Crippen MR) is 305 cm³/mol. The SMILES string of the molecule is CC(=O)c1cn(CC(=O)N(CC(=O)NCc2cccc(Cl)c2F)C2CC2)c2cc(C(=O)N=[N+]=[N-])ccc12.CC(=O)c1cn(CC(=O)N(CC(=O)NCc2cccc(Cl)c2F)C2CC2)c2cc(NC(=O)OC(C)(C)C)ccc12.CC(C)(C)O. The van der Waals surface area contributed by atoms with E-state index in [0.717, 1.165) is 25.7 Å². The summed E-state index contributed by atoms with van der Waals surface area (Å²) >= 11 is 11.6. The van der Waals surface area contributed by atoms with Crippen molar-refractivity contribution < 1.29 is 57.0 Å². The molecule has 0 spiro atoms. The summed E-state index contributed by atoms with van der Waals surface area (Å²) in [5, 5.41) is 20.7. The molecular formula is C58H64Cl2F2N10O10. The third-order valence-electron chi connectivity index (χ3n) is 12.4. The van der Waals surface area contributed by atoms with Crippen LogP contribution in [0, 0.1) is 11.6 Å². The first-order valence-corrected chi connectivity index (χ1v) is 26.8. The van der Waals surface area contributed by atoms with Crippen molar-refractivity contribution >= 4 is 97.9 Å². The van der Waals surface area contributed by atoms with Crippen molar-refractivity contribution in [1.29, 1.82) is 0 Å². The summed E-state index contributed by atoms with van der Waals surface area (Å²) in [4.78, 5) is 106. The molecule has 4 N–H and O–H groups in total. The Morgan fingerprint density at radius 1 is 0.695 bits per heavy atom. The van der Waals surface area contributed by atoms with Gasteiger partial charge in [0.1, 0.15) is 30.3 Å². The number of carbonyl (C=O) groups is 8. The lowest BCUT2D eigenvalue weighted by Gasteiger charge is -2.22. The van der Waals surface area contributed by atoms with Crippen LogP contribution in [0.25, 0.3) is 32.2 Å². The monoisotopic (exact) mass is 1170 g/mol. The Morgan fingerprint density at radius 3 is 1.52 bits per heavy atom. The van der Waals surface area contributed by atoms with Gasteiger partial charge in [-0.15, -0.1) is 0 Å². The minimum Gasteiger partial charge on any atom is -0.444 e. The van der Waals surface area contributed by atoms with Crippen molar-refractivity contribution in [3.8, 4) is 0 Å². The first-order chi connectivity index (χ1) is 38.5. The molecule has 2 heterocycles. The summed E-state index contributed by atoms with van der Waals surface area (Å²) < 4.78 is 36.8. The fourth-order valence-electron chi connectivity index (χ4n) is 8.40. The van der Waals surface area contributed by atoms with E-state index in [1.54, 1.807) is 88.7 Å². The van der Waals surface area contributed by atoms with Crippen molar-refractivity contribution in [3.05, 3.63) is 145 Å². The summed E-state index contributed by atoms with van der Waals surface area (Å²) in [6, 6.07) is 18.4. The Labute approximate surface area is 481 Å². The average Bonchev–Trinajstić information content (AvgIpc) is 3.46. The van der Waals surface area contributed by atoms with E-state index < -0.39 is 46.7 Å². The van der Waals surface area contributed by atoms with Gasteiger partial charge in [0.05, 0.1) is 34.3 Å². The quantitative estimate of drug-likeness (QED) is 0.0274. The molecule has 2 aliphatic carbocycles. The molecule has 2 saturated carbocycles. The Morgan fingerprint density at radius 2 is 1.12 bits per heavy atom. The average molecular weight is 1170 g/mol. The van der Waals surface area contributed by atoms with Crippen LogP contribution in [0.1, 0.15) is 123 Å². The van der Waals surface area contributed by atoms with Crippen LogP contribution in [0.2, 0.25) is 10.0 Å². The number of anilines is 1. The number of aromatic nitrogens is 2. The first kappa shape index (κ1) is 63.0. The maximum atomic E-state index is 14.2. The molecule has 20 nitrogen and oxygen atoms in total. The number of hydrogen-bond donors (Lipinski definition) is 4. The van der Waals surface area contributed by atoms with Gasteiger partial charge in [0.15, 0.2) is 11.6 Å². The Balaban J connectivity index is 0.000000244. The molecule has 434 valence electrons. The van der Waals surface area contributed by atoms with Gasteiger partial charge in [0.25, 0.3) is 0 Å². The first-order valence-electron chi connectivity index (χ1n) is 26.1. The second-order valence-corrected chi connectivity index (χ2v) is 22.5. The maximum Gasteiger partial charge on any atom is 0.412 e. The van der Waals surface area contributed by atoms with E-state index in [-0.39, 0.29) is 101 Å². The number of hydrogen-bond acceptors (Lipinski definition) is 10. The van der Waals surface area contributed by atoms with Gasteiger partial charge in [-0.25, -0.2) is 13.6 Å². The molecule has 0 aliphatic heterocycles. The lowest BCUT2D eigenvalue weighted by molar-refractivity contribution is -0.137. The van der Waals surface area contributed by atoms with Crippen LogP contribution >= 0.6 is 23.2 Å². The molecule has 2 fully saturated rings. The van der Waals surface area contributed by atoms with Crippen molar-refractivity contribution in [3.63, 3.8) is 0 Å². The number of ketones is 2. The summed E-state index contributed by atoms with van der Waals surface area (Å²) in [7, 11) is 0. The van der Waals surface area contributed by atoms with Crippen LogP contribution in [-0.2, 0) is 50.1 Å². The zero-order valence-electron chi connectivity index (χ0n) is 46.6. The highest BCUT2D eigenvalue weighted by atomic mass is 35.5. The number of halogens is 4. The number of rotatable bonds is 18. The largest absolute Gasteiger partial charge is 0.444 e. The van der Waals surface area contributed by atoms with E-state index in [0.29, 0.717) is 38.6 Å². The molecule has 82 heavy (non-hydrogen) atoms. The molecule has 6 amide bonds. The molecule has 24 heteroatoms. The Hall–Kier alpha value is -8.17. The summed E-state index contributed by atoms with van der Waals surface area (Å²) in [6.07, 6.45) is 5.55. The second kappa shape index (κ2) is 27.1. The summed E-state index contributed by atoms with van der Waals surface area (Å²) in [5.74, 6) is -3.93. The smallest absolute Gasteiger partial charge is 0.412 e. The van der Waals surface area contributed by atoms with Crippen LogP contribution in [0.4, 0.5) is 19.3 Å². The van der Waals surface area contributed by atoms with Gasteiger partial charge >= 0.3 is 6.09 Å². The zero-order chi connectivity index (χ0) is 60.4. The minimum absolute atomic E-state index is 0.0325. The number of amides is 6. The van der Waals surface area contributed by atoms with E-state index in [1.165, 1.54) is 70.8 Å². The van der Waals surface area contributed by atoms with E-state index >= 15 is 0 Å². The lowest BCUT2D eigenvalue weighted by Crippen LogP contribution is -2.43. The van der Waals surface area contributed by atoms with Gasteiger partial charge in [-0.3, -0.25) is 38.9 Å². The van der Waals surface area contributed by atoms with Gasteiger partial charge in [-0.1, -0.05) is 65.7 Å². The third-order valence-corrected chi connectivity index (χ3v) is 13.0. The Bertz CT molecular complexity index is 3490. The molecule has 2 aliphatic rings. The van der Waals surface area contributed by atoms with E-state index in [2.05, 4.69) is 26.0 Å². The molecule has 0 bridgehead atoms. The highest BCUT2D eigenvalue weighted by Gasteiger charge is 2.36. The molecule has 0 unspecified atom stereocenters. The second-order valence-electron chi connectivity index (χ2n) is 21.7. The van der Waals surface area contributed by atoms with E-state index in [9.17, 15) is 47.1 Å². The van der Waals surface area contributed by atoms with Crippen molar-refractivity contribution in [2.75, 3.05) is 18.4 Å². The Kier molecular flexibility index (Phi) is 20.8. The highest BCUT2D eigenvalue weighted by molar-refractivity contribution is 6.31. The minimum atomic E-state index is -0.791. The molecule has 4 aromatic carbocycles. The number of fused-ring (bicyclic) bond motifs is 2. The number of Topliss-reactive ketones (excluding diaryl/α,β-unsaturated/α-hetero) is 2. The number of benzene rings is 4. The number of nitrogens with one attached hydrogen (secondary N) is 3. The van der Waals surface area contributed by atoms with Gasteiger partial charge in [0, 0.05) is 92.3 Å². The van der Waals surface area contributed by atoms with Crippen LogP contribution in [0.15, 0.2) is 90.3 Å². The normalized spacial score (nSPS) is 12.8. The van der Waals surface area contributed by atoms with Gasteiger partial charge < -0.3 is 39.4 Å². The van der Waals surface area contributed by atoms with Crippen LogP contribution in [0.3, 0.4) is 0 Å². The predicted octanol–water partition coefficient (Wildman–Crippen LogP) is 10.5. The van der Waals surface area contributed by atoms with Crippen LogP contribution < -0.4 is 16.0 Å². The third kappa shape index (κ3) is 17.9. The number of ether oxygens (including phenoxy) is 1. The van der Waals surface area contributed by atoms with Crippen molar-refractivity contribution in [1.82, 2.24) is 29.6 Å². The van der Waals surface area contributed by atoms with Gasteiger partial charge in [-0.05, 0) is 122 Å². The zero-order valence-corrected chi connectivity index (χ0v) is 48.1. The highest BCUT2D eigenvalue weighted by Crippen LogP contribution is 2.31. The number of nitrogens with zero attached hydrogens (tertiary/aromatic N) is 7. The number of azide groups is 1. The van der Waals surface area contributed by atoms with Crippen molar-refractivity contribution in [2.45, 2.75) is 131 Å². The van der Waals surface area contributed by atoms with Gasteiger partial charge in [-0.2, -0.15) is 0 Å². The van der Waals surface area contributed by atoms with E-state index in [1.807, 2.05) is 0 Å². The topological polar surface area (TPSA) is 267 Å². The van der Waals surface area contributed by atoms with Crippen molar-refractivity contribution in [2.24, 2.45) is 5.11 Å². The van der Waals surface area contributed by atoms with E-state index in [4.69, 9.17) is 38.6 Å². The van der Waals surface area contributed by atoms with Crippen LogP contribution in [-0.4, -0.2) is 108 Å². The fraction of sp³-hybridized carbons (Fsp3) is 0.379. The summed E-state index contributed by atoms with van der Waals surface area (Å²) in [5.41, 5.74) is 10.2. The molecular weight excluding hydrogens is 1110 g/mol. The fourth-order valence-corrected chi connectivity index (χ4v) is 8.79. The molecule has 6 aromatic rings. The standard InChI is InChI=1S/C29H32ClFN4O5.C25H22ClFN6O4.C4H10O/c1-17(36)22-14-34(24-12-19(8-11-21(22)24)33-28(39)40-29(2,3)4)16-26(38)35(20-9-10-20)15-25(37)32-13-18-6-5-7-23(30)27(18)31;1-14(34)19-11-32(21-9-15(5-8-18(19)21)25(37)30-31-28)13-23(36)33(17-6-7-17)12-22(35)29-10-16-3-2-4-20(26)24(16)27;1-4(2,3)5/h5-8,11-12,14,20H,9-10,13,15-16H2,1-4H3,(H,32,37)(H,33,39);2-5,8-9,11,17H,6-7,10,12-13H2,1H3,(H,29,35);5H,1-3H3. The number of carbonyl (C=O) groups excluding carboxylic acids is 8. The summed E-state index contributed by atoms with van der Waals surface area (Å²) in [6.45, 7) is 12.5. The van der Waals surface area contributed by atoms with Crippen LogP contribution in [0.5, 0.6) is 0 Å². The number of aliphatic hydroxyl groups is 1. The maximum absolute atomic E-state index is 14.2. The van der Waals surface area contributed by atoms with Gasteiger partial charge in [0.2, 0.25) is 29.5 Å². The molecule has 0 radical (unpaired) electrons. The lowest BCUT2D eigenvalue weighted by atomic mass is 10.1.